The predicted molar refractivity (Wildman–Crippen MR) is 115 cm³/mol. The van der Waals surface area contributed by atoms with Crippen molar-refractivity contribution in [2.45, 2.75) is 0 Å². The van der Waals surface area contributed by atoms with E-state index < -0.39 is 14.7 Å². The van der Waals surface area contributed by atoms with Crippen LogP contribution < -0.4 is 13.3 Å². The first kappa shape index (κ1) is 16.2. The van der Waals surface area contributed by atoms with E-state index in [9.17, 15) is 0 Å². The van der Waals surface area contributed by atoms with Gasteiger partial charge < -0.3 is 0 Å². The number of aromatic nitrogens is 2. The molecule has 27 heavy (non-hydrogen) atoms. The van der Waals surface area contributed by atoms with Gasteiger partial charge in [-0.05, 0) is 0 Å². The minimum absolute atomic E-state index is 1.05. The van der Waals surface area contributed by atoms with Crippen LogP contribution in [0.4, 0.5) is 0 Å². The fraction of sp³-hybridized carbons (Fsp3) is 0. The van der Waals surface area contributed by atoms with Crippen LogP contribution in [0, 0.1) is 0 Å². The molecule has 2 heterocycles. The first-order chi connectivity index (χ1) is 13.4. The molecule has 3 aromatic carbocycles. The maximum atomic E-state index is 5.03. The first-order valence-corrected chi connectivity index (χ1v) is 11.8. The number of hydrogen-bond acceptors (Lipinski definition) is 2. The van der Waals surface area contributed by atoms with Crippen molar-refractivity contribution in [2.75, 3.05) is 0 Å². The third kappa shape index (κ3) is 3.13. The van der Waals surface area contributed by atoms with Crippen molar-refractivity contribution in [3.8, 4) is 0 Å². The molecule has 3 heteroatoms. The molecule has 2 aromatic heterocycles. The van der Waals surface area contributed by atoms with Crippen molar-refractivity contribution in [1.29, 1.82) is 0 Å². The fourth-order valence-electron chi connectivity index (χ4n) is 3.32. The summed E-state index contributed by atoms with van der Waals surface area (Å²) in [5, 5.41) is 2.35. The molecule has 0 aliphatic heterocycles. The Bertz CT molecular complexity index is 1160. The van der Waals surface area contributed by atoms with E-state index in [4.69, 9.17) is 9.97 Å². The second-order valence-corrected chi connectivity index (χ2v) is 10.8. The molecular weight excluding hydrogens is 391 g/mol. The summed E-state index contributed by atoms with van der Waals surface area (Å²) >= 11 is -1.83. The summed E-state index contributed by atoms with van der Waals surface area (Å²) in [4.78, 5) is 10.1. The quantitative estimate of drug-likeness (QED) is 0.428. The molecular formula is C24H17AsN2. The molecule has 0 saturated carbocycles. The molecule has 0 fully saturated rings. The number of nitrogens with zero attached hydrogens (tertiary/aromatic N) is 2. The van der Waals surface area contributed by atoms with E-state index in [1.54, 1.807) is 0 Å². The third-order valence-electron chi connectivity index (χ3n) is 4.64. The summed E-state index contributed by atoms with van der Waals surface area (Å²) < 4.78 is 3.67. The molecule has 0 aliphatic carbocycles. The molecule has 5 rings (SSSR count). The zero-order valence-corrected chi connectivity index (χ0v) is 16.5. The standard InChI is InChI=1S/C24H17AsN2/c1-2-10-20(11-3-1)25(23-16-14-18-8-4-6-12-21(18)26-23)24-17-15-19-9-5-7-13-22(19)27-24/h1-17H. The second-order valence-electron chi connectivity index (χ2n) is 6.40. The van der Waals surface area contributed by atoms with Crippen LogP contribution in [0.25, 0.3) is 21.8 Å². The summed E-state index contributed by atoms with van der Waals surface area (Å²) in [6.45, 7) is 0. The van der Waals surface area contributed by atoms with Crippen LogP contribution in [0.1, 0.15) is 0 Å². The Morgan fingerprint density at radius 2 is 0.926 bits per heavy atom. The molecule has 128 valence electrons. The van der Waals surface area contributed by atoms with E-state index >= 15 is 0 Å². The van der Waals surface area contributed by atoms with Gasteiger partial charge >= 0.3 is 163 Å². The van der Waals surface area contributed by atoms with Gasteiger partial charge in [0, 0.05) is 0 Å². The SMILES string of the molecule is c1ccc([As](c2ccc3ccccc3n2)c2ccc3ccccc3n2)cc1. The normalized spacial score (nSPS) is 11.3. The van der Waals surface area contributed by atoms with Crippen LogP contribution in [-0.4, -0.2) is 24.6 Å². The molecule has 0 unspecified atom stereocenters. The van der Waals surface area contributed by atoms with Crippen molar-refractivity contribution in [2.24, 2.45) is 0 Å². The zero-order chi connectivity index (χ0) is 18.1. The van der Waals surface area contributed by atoms with E-state index in [1.807, 2.05) is 12.1 Å². The van der Waals surface area contributed by atoms with Crippen molar-refractivity contribution in [3.05, 3.63) is 103 Å². The van der Waals surface area contributed by atoms with E-state index in [2.05, 4.69) is 91.0 Å². The summed E-state index contributed by atoms with van der Waals surface area (Å²) in [5.74, 6) is 0. The number of para-hydroxylation sites is 2. The minimum atomic E-state index is -1.83. The maximum absolute atomic E-state index is 5.03. The number of rotatable bonds is 3. The first-order valence-electron chi connectivity index (χ1n) is 8.95. The van der Waals surface area contributed by atoms with Crippen molar-refractivity contribution < 1.29 is 0 Å². The van der Waals surface area contributed by atoms with Crippen LogP contribution >= 0.6 is 0 Å². The Balaban J connectivity index is 1.72. The van der Waals surface area contributed by atoms with E-state index in [0.29, 0.717) is 0 Å². The molecule has 0 saturated heterocycles. The predicted octanol–water partition coefficient (Wildman–Crippen LogP) is 3.30. The average molecular weight is 408 g/mol. The average Bonchev–Trinajstić information content (AvgIpc) is 2.74. The molecule has 5 aromatic rings. The number of hydrogen-bond donors (Lipinski definition) is 0. The van der Waals surface area contributed by atoms with Gasteiger partial charge in [-0.3, -0.25) is 0 Å². The zero-order valence-electron chi connectivity index (χ0n) is 14.7. The Kier molecular flexibility index (Phi) is 4.20. The van der Waals surface area contributed by atoms with E-state index in [-0.39, 0.29) is 0 Å². The molecule has 0 aliphatic rings. The van der Waals surface area contributed by atoms with E-state index in [1.165, 1.54) is 15.1 Å². The topological polar surface area (TPSA) is 25.8 Å². The van der Waals surface area contributed by atoms with Crippen LogP contribution in [0.5, 0.6) is 0 Å². The molecule has 0 spiro atoms. The van der Waals surface area contributed by atoms with Crippen LogP contribution in [0.3, 0.4) is 0 Å². The van der Waals surface area contributed by atoms with Crippen molar-refractivity contribution in [3.63, 3.8) is 0 Å². The Morgan fingerprint density at radius 1 is 0.444 bits per heavy atom. The Labute approximate surface area is 162 Å². The molecule has 0 amide bonds. The van der Waals surface area contributed by atoms with Crippen LogP contribution in [0.15, 0.2) is 103 Å². The van der Waals surface area contributed by atoms with Crippen molar-refractivity contribution in [1.82, 2.24) is 9.97 Å². The van der Waals surface area contributed by atoms with Gasteiger partial charge in [-0.25, -0.2) is 0 Å². The number of fused-ring (bicyclic) bond motifs is 2. The van der Waals surface area contributed by atoms with Gasteiger partial charge in [0.1, 0.15) is 0 Å². The summed E-state index contributed by atoms with van der Waals surface area (Å²) in [5.41, 5.74) is 2.09. The van der Waals surface area contributed by atoms with Gasteiger partial charge in [-0.2, -0.15) is 0 Å². The Morgan fingerprint density at radius 3 is 1.48 bits per heavy atom. The van der Waals surface area contributed by atoms with Gasteiger partial charge in [0.15, 0.2) is 0 Å². The van der Waals surface area contributed by atoms with E-state index in [0.717, 1.165) is 20.0 Å². The van der Waals surface area contributed by atoms with Crippen LogP contribution in [0.2, 0.25) is 0 Å². The van der Waals surface area contributed by atoms with Gasteiger partial charge in [-0.15, -0.1) is 0 Å². The summed E-state index contributed by atoms with van der Waals surface area (Å²) in [6.07, 6.45) is 0. The van der Waals surface area contributed by atoms with Gasteiger partial charge in [-0.1, -0.05) is 0 Å². The van der Waals surface area contributed by atoms with Gasteiger partial charge in [0.2, 0.25) is 0 Å². The molecule has 0 bridgehead atoms. The fourth-order valence-corrected chi connectivity index (χ4v) is 7.72. The third-order valence-corrected chi connectivity index (χ3v) is 9.32. The Hall–Kier alpha value is -2.96. The monoisotopic (exact) mass is 408 g/mol. The molecule has 0 atom stereocenters. The van der Waals surface area contributed by atoms with Crippen LogP contribution in [-0.2, 0) is 0 Å². The van der Waals surface area contributed by atoms with Crippen molar-refractivity contribution >= 4 is 49.8 Å². The summed E-state index contributed by atoms with van der Waals surface area (Å²) in [7, 11) is 0. The van der Waals surface area contributed by atoms with Gasteiger partial charge in [0.25, 0.3) is 0 Å². The number of benzene rings is 3. The molecule has 0 N–H and O–H groups in total. The molecule has 0 radical (unpaired) electrons. The second kappa shape index (κ2) is 6.98. The van der Waals surface area contributed by atoms with Gasteiger partial charge in [0.05, 0.1) is 0 Å². The number of pyridine rings is 2. The molecule has 2 nitrogen and oxygen atoms in total. The summed E-state index contributed by atoms with van der Waals surface area (Å²) in [6, 6.07) is 36.1.